The van der Waals surface area contributed by atoms with Crippen LogP contribution in [0.2, 0.25) is 18.6 Å². The second-order valence-corrected chi connectivity index (χ2v) is 22.1. The molecule has 3 heterocycles. The van der Waals surface area contributed by atoms with Crippen LogP contribution in [0.5, 0.6) is 5.75 Å². The van der Waals surface area contributed by atoms with Crippen LogP contribution >= 0.6 is 15.9 Å². The normalized spacial score (nSPS) is 21.2. The van der Waals surface area contributed by atoms with Gasteiger partial charge in [0, 0.05) is 41.2 Å². The molecule has 1 spiro atoms. The molecule has 1 fully saturated rings. The maximum atomic E-state index is 15.5. The number of aryl methyl sites for hydroxylation is 1. The van der Waals surface area contributed by atoms with E-state index in [1.54, 1.807) is 16.9 Å². The van der Waals surface area contributed by atoms with Gasteiger partial charge in [-0.3, -0.25) is 19.3 Å². The highest BCUT2D eigenvalue weighted by Gasteiger charge is 2.66. The smallest absolute Gasteiger partial charge is 0.264 e. The third kappa shape index (κ3) is 7.43. The molecule has 1 saturated heterocycles. The molecular weight excluding hydrogens is 823 g/mol. The van der Waals surface area contributed by atoms with E-state index in [2.05, 4.69) is 54.1 Å². The fraction of sp³-hybridized carbons (Fsp3) is 0.312. The molecule has 0 saturated carbocycles. The summed E-state index contributed by atoms with van der Waals surface area (Å²) in [6.45, 7) is 7.35. The van der Waals surface area contributed by atoms with E-state index in [9.17, 15) is 14.7 Å². The number of para-hydroxylation sites is 1. The molecule has 8 rings (SSSR count). The zero-order valence-electron chi connectivity index (χ0n) is 33.9. The van der Waals surface area contributed by atoms with Crippen molar-refractivity contribution in [1.29, 1.82) is 0 Å². The van der Waals surface area contributed by atoms with Gasteiger partial charge in [-0.25, -0.2) is 0 Å². The Morgan fingerprint density at radius 1 is 0.898 bits per heavy atom. The van der Waals surface area contributed by atoms with Crippen molar-refractivity contribution in [2.24, 2.45) is 5.92 Å². The molecule has 59 heavy (non-hydrogen) atoms. The summed E-state index contributed by atoms with van der Waals surface area (Å²) in [6, 6.07) is 39.8. The number of ether oxygens (including phenoxy) is 2. The molecule has 0 unspecified atom stereocenters. The lowest BCUT2D eigenvalue weighted by molar-refractivity contribution is -0.150. The van der Waals surface area contributed by atoms with Crippen LogP contribution in [-0.4, -0.2) is 62.2 Å². The zero-order chi connectivity index (χ0) is 41.5. The molecule has 9 nitrogen and oxygen atoms in total. The summed E-state index contributed by atoms with van der Waals surface area (Å²) >= 11 is 3.71. The van der Waals surface area contributed by atoms with Crippen molar-refractivity contribution < 1.29 is 29.0 Å². The quantitative estimate of drug-likeness (QED) is 0.127. The predicted molar refractivity (Wildman–Crippen MR) is 237 cm³/mol. The van der Waals surface area contributed by atoms with Crippen molar-refractivity contribution in [2.75, 3.05) is 30.1 Å². The molecule has 11 heteroatoms. The molecular formula is C48H50BrN3O6Si. The van der Waals surface area contributed by atoms with E-state index in [0.717, 1.165) is 49.5 Å². The van der Waals surface area contributed by atoms with Gasteiger partial charge in [-0.15, -0.1) is 0 Å². The minimum absolute atomic E-state index is 0.0389. The minimum Gasteiger partial charge on any atom is -0.497 e. The Balaban J connectivity index is 1.17. The molecule has 0 bridgehead atoms. The zero-order valence-corrected chi connectivity index (χ0v) is 36.5. The van der Waals surface area contributed by atoms with Gasteiger partial charge in [-0.05, 0) is 77.2 Å². The molecule has 3 amide bonds. The van der Waals surface area contributed by atoms with Gasteiger partial charge in [0.25, 0.3) is 5.91 Å². The van der Waals surface area contributed by atoms with Gasteiger partial charge in [0.2, 0.25) is 11.8 Å². The summed E-state index contributed by atoms with van der Waals surface area (Å²) in [4.78, 5) is 48.6. The molecule has 0 aliphatic carbocycles. The number of fused-ring (bicyclic) bond motifs is 3. The van der Waals surface area contributed by atoms with Crippen LogP contribution in [0, 0.1) is 5.92 Å². The van der Waals surface area contributed by atoms with Gasteiger partial charge in [0.05, 0.1) is 52.2 Å². The summed E-state index contributed by atoms with van der Waals surface area (Å²) in [7, 11) is -0.888. The molecule has 3 aliphatic heterocycles. The van der Waals surface area contributed by atoms with Crippen molar-refractivity contribution in [1.82, 2.24) is 4.90 Å². The fourth-order valence-corrected chi connectivity index (χ4v) is 14.2. The van der Waals surface area contributed by atoms with Crippen molar-refractivity contribution in [3.63, 3.8) is 0 Å². The average Bonchev–Trinajstić information content (AvgIpc) is 3.66. The van der Waals surface area contributed by atoms with Crippen LogP contribution in [0.25, 0.3) is 0 Å². The van der Waals surface area contributed by atoms with E-state index in [-0.39, 0.29) is 55.3 Å². The largest absolute Gasteiger partial charge is 0.497 e. The minimum atomic E-state index is -2.54. The number of anilines is 3. The standard InChI is InChI=1S/C48H50BrN3O6Si/c1-32-46(59(3,4)39-21-19-38(57-2)20-22-39)43(29-45(55)50(25-26-53)30-33-11-6-5-7-12-33)58-48(32)40-28-36(49)18-23-42(40)51(47(48)56)31-34-13-10-15-37(27-34)52-41-16-9-8-14-35(41)17-24-44(52)54/h5-16,18-23,27-28,32,43,46,53H,17,24-26,29-31H2,1-4H3/t32-,43+,46-,48+/m0/s1. The van der Waals surface area contributed by atoms with Crippen LogP contribution in [0.15, 0.2) is 126 Å². The number of nitrogens with zero attached hydrogens (tertiary/aromatic N) is 3. The number of carbonyl (C=O) groups excluding carboxylic acids is 3. The Hall–Kier alpha value is -5.07. The van der Waals surface area contributed by atoms with E-state index < -0.39 is 19.8 Å². The number of hydrogen-bond donors (Lipinski definition) is 1. The number of aliphatic hydroxyl groups is 1. The summed E-state index contributed by atoms with van der Waals surface area (Å²) in [5.41, 5.74) is 4.63. The first kappa shape index (κ1) is 40.7. The maximum Gasteiger partial charge on any atom is 0.264 e. The Morgan fingerprint density at radius 2 is 1.63 bits per heavy atom. The lowest BCUT2D eigenvalue weighted by atomic mass is 9.82. The fourth-order valence-electron chi connectivity index (χ4n) is 9.85. The molecule has 1 N–H and O–H groups in total. The maximum absolute atomic E-state index is 15.5. The van der Waals surface area contributed by atoms with Crippen molar-refractivity contribution in [2.45, 2.75) is 69.6 Å². The summed E-state index contributed by atoms with van der Waals surface area (Å²) in [5, 5.41) is 11.2. The predicted octanol–water partition coefficient (Wildman–Crippen LogP) is 8.24. The van der Waals surface area contributed by atoms with Gasteiger partial charge in [-0.2, -0.15) is 0 Å². The Bertz CT molecular complexity index is 2370. The topological polar surface area (TPSA) is 99.6 Å². The first-order valence-electron chi connectivity index (χ1n) is 20.3. The third-order valence-corrected chi connectivity index (χ3v) is 17.6. The Labute approximate surface area is 355 Å². The second kappa shape index (κ2) is 16.5. The van der Waals surface area contributed by atoms with Crippen molar-refractivity contribution >= 4 is 64.0 Å². The van der Waals surface area contributed by atoms with E-state index in [1.807, 2.05) is 108 Å². The SMILES string of the molecule is COc1ccc([Si](C)(C)[C@@H]2[C@@H](CC(=O)N(CCO)Cc3ccccc3)O[C@]3(C(=O)N(Cc4cccc(N5C(=O)CCc6ccccc65)c4)c4ccc(Br)cc43)[C@H]2C)cc1. The first-order chi connectivity index (χ1) is 28.5. The number of rotatable bonds is 12. The molecule has 4 atom stereocenters. The second-order valence-electron chi connectivity index (χ2n) is 16.5. The number of methoxy groups -OCH3 is 1. The van der Waals surface area contributed by atoms with Crippen LogP contribution < -0.4 is 19.7 Å². The summed E-state index contributed by atoms with van der Waals surface area (Å²) in [5.74, 6) is 0.181. The molecule has 0 aromatic heterocycles. The van der Waals surface area contributed by atoms with Gasteiger partial charge >= 0.3 is 0 Å². The number of carbonyl (C=O) groups is 3. The third-order valence-electron chi connectivity index (χ3n) is 12.7. The molecule has 5 aromatic rings. The molecule has 3 aliphatic rings. The van der Waals surface area contributed by atoms with Crippen LogP contribution in [-0.2, 0) is 44.2 Å². The Kier molecular flexibility index (Phi) is 11.4. The highest BCUT2D eigenvalue weighted by atomic mass is 79.9. The highest BCUT2D eigenvalue weighted by molar-refractivity contribution is 9.10. The van der Waals surface area contributed by atoms with Gasteiger partial charge in [-0.1, -0.05) is 114 Å². The highest BCUT2D eigenvalue weighted by Crippen LogP contribution is 2.60. The van der Waals surface area contributed by atoms with Gasteiger partial charge < -0.3 is 24.4 Å². The van der Waals surface area contributed by atoms with Crippen LogP contribution in [0.1, 0.15) is 42.0 Å². The van der Waals surface area contributed by atoms with Gasteiger partial charge in [0.15, 0.2) is 5.60 Å². The summed E-state index contributed by atoms with van der Waals surface area (Å²) < 4.78 is 13.6. The van der Waals surface area contributed by atoms with Gasteiger partial charge in [0.1, 0.15) is 5.75 Å². The monoisotopic (exact) mass is 871 g/mol. The number of halogens is 1. The number of hydrogen-bond acceptors (Lipinski definition) is 6. The van der Waals surface area contributed by atoms with Crippen LogP contribution in [0.4, 0.5) is 17.1 Å². The van der Waals surface area contributed by atoms with E-state index >= 15 is 4.79 Å². The lowest BCUT2D eigenvalue weighted by Gasteiger charge is -2.37. The number of benzene rings is 5. The summed E-state index contributed by atoms with van der Waals surface area (Å²) in [6.07, 6.45) is 0.595. The number of aliphatic hydroxyl groups excluding tert-OH is 1. The molecule has 304 valence electrons. The Morgan fingerprint density at radius 3 is 2.37 bits per heavy atom. The number of amides is 3. The lowest BCUT2D eigenvalue weighted by Crippen LogP contribution is -2.52. The van der Waals surface area contributed by atoms with Crippen LogP contribution in [0.3, 0.4) is 0 Å². The first-order valence-corrected chi connectivity index (χ1v) is 24.2. The van der Waals surface area contributed by atoms with E-state index in [4.69, 9.17) is 9.47 Å². The van der Waals surface area contributed by atoms with Crippen molar-refractivity contribution in [3.8, 4) is 5.75 Å². The van der Waals surface area contributed by atoms with E-state index in [0.29, 0.717) is 19.4 Å². The van der Waals surface area contributed by atoms with E-state index in [1.165, 1.54) is 5.19 Å². The average molecular weight is 873 g/mol. The van der Waals surface area contributed by atoms with Crippen molar-refractivity contribution in [3.05, 3.63) is 148 Å². The molecule has 0 radical (unpaired) electrons. The molecule has 5 aromatic carbocycles.